The standard InChI is InChI=1S/C24H19ClF3N5O/c1-13-4-5-20(33-7-3-6-29-33)15(8-13)23(34)32-12-14(2)9-21(32)22-30-18-10-16(24(26,27)28)17(25)11-19(18)31-22/h3-8,10-11,21H,2,9,12H2,1H3,(H,30,31). The molecule has 1 fully saturated rings. The van der Waals surface area contributed by atoms with Crippen LogP contribution in [0.3, 0.4) is 0 Å². The summed E-state index contributed by atoms with van der Waals surface area (Å²) in [4.78, 5) is 22.8. The van der Waals surface area contributed by atoms with E-state index in [1.165, 1.54) is 6.07 Å². The molecule has 0 radical (unpaired) electrons. The fourth-order valence-electron chi connectivity index (χ4n) is 4.27. The van der Waals surface area contributed by atoms with Crippen molar-refractivity contribution in [3.05, 3.63) is 88.5 Å². The number of carbonyl (C=O) groups excluding carboxylic acids is 1. The van der Waals surface area contributed by atoms with Gasteiger partial charge in [-0.3, -0.25) is 4.79 Å². The lowest BCUT2D eigenvalue weighted by Crippen LogP contribution is -2.32. The molecule has 174 valence electrons. The van der Waals surface area contributed by atoms with Gasteiger partial charge in [-0.1, -0.05) is 35.4 Å². The van der Waals surface area contributed by atoms with Gasteiger partial charge in [0.05, 0.1) is 38.9 Å². The topological polar surface area (TPSA) is 66.8 Å². The molecule has 1 unspecified atom stereocenters. The number of hydrogen-bond acceptors (Lipinski definition) is 3. The molecular formula is C24H19ClF3N5O. The van der Waals surface area contributed by atoms with Gasteiger partial charge in [-0.2, -0.15) is 18.3 Å². The second kappa shape index (κ2) is 8.02. The molecule has 1 amide bonds. The summed E-state index contributed by atoms with van der Waals surface area (Å²) in [5.74, 6) is 0.137. The molecule has 5 rings (SSSR count). The average molecular weight is 486 g/mol. The lowest BCUT2D eigenvalue weighted by Gasteiger charge is -2.24. The van der Waals surface area contributed by atoms with Crippen LogP contribution in [0.2, 0.25) is 5.02 Å². The summed E-state index contributed by atoms with van der Waals surface area (Å²) < 4.78 is 41.5. The van der Waals surface area contributed by atoms with Gasteiger partial charge < -0.3 is 9.88 Å². The van der Waals surface area contributed by atoms with E-state index < -0.39 is 22.8 Å². The Hall–Kier alpha value is -3.59. The molecule has 1 saturated heterocycles. The van der Waals surface area contributed by atoms with E-state index in [-0.39, 0.29) is 11.4 Å². The van der Waals surface area contributed by atoms with Gasteiger partial charge in [0.2, 0.25) is 0 Å². The van der Waals surface area contributed by atoms with Crippen molar-refractivity contribution in [3.63, 3.8) is 0 Å². The lowest BCUT2D eigenvalue weighted by atomic mass is 10.1. The quantitative estimate of drug-likeness (QED) is 0.369. The van der Waals surface area contributed by atoms with Crippen LogP contribution < -0.4 is 0 Å². The van der Waals surface area contributed by atoms with Crippen LogP contribution in [0.1, 0.15) is 39.8 Å². The zero-order valence-electron chi connectivity index (χ0n) is 18.0. The highest BCUT2D eigenvalue weighted by Gasteiger charge is 2.37. The number of hydrogen-bond donors (Lipinski definition) is 1. The first kappa shape index (κ1) is 22.2. The number of aromatic nitrogens is 4. The zero-order chi connectivity index (χ0) is 24.2. The Morgan fingerprint density at radius 3 is 2.76 bits per heavy atom. The van der Waals surface area contributed by atoms with Gasteiger partial charge in [0.15, 0.2) is 0 Å². The summed E-state index contributed by atoms with van der Waals surface area (Å²) in [5.41, 5.74) is 2.37. The summed E-state index contributed by atoms with van der Waals surface area (Å²) in [6.45, 7) is 6.24. The number of aryl methyl sites for hydroxylation is 1. The summed E-state index contributed by atoms with van der Waals surface area (Å²) in [6, 6.07) is 8.92. The first-order valence-corrected chi connectivity index (χ1v) is 10.8. The predicted molar refractivity (Wildman–Crippen MR) is 122 cm³/mol. The number of carbonyl (C=O) groups is 1. The van der Waals surface area contributed by atoms with E-state index in [0.29, 0.717) is 35.6 Å². The predicted octanol–water partition coefficient (Wildman–Crippen LogP) is 5.87. The molecule has 1 N–H and O–H groups in total. The summed E-state index contributed by atoms with van der Waals surface area (Å²) in [6.07, 6.45) is -0.769. The molecule has 0 aliphatic carbocycles. The second-order valence-corrected chi connectivity index (χ2v) is 8.75. The molecule has 34 heavy (non-hydrogen) atoms. The Morgan fingerprint density at radius 2 is 2.06 bits per heavy atom. The van der Waals surface area contributed by atoms with Gasteiger partial charge in [-0.05, 0) is 43.7 Å². The van der Waals surface area contributed by atoms with Crippen molar-refractivity contribution >= 4 is 28.5 Å². The van der Waals surface area contributed by atoms with Crippen molar-refractivity contribution in [2.45, 2.75) is 25.6 Å². The van der Waals surface area contributed by atoms with Crippen molar-refractivity contribution < 1.29 is 18.0 Å². The van der Waals surface area contributed by atoms with Crippen molar-refractivity contribution in [2.75, 3.05) is 6.54 Å². The lowest BCUT2D eigenvalue weighted by molar-refractivity contribution is -0.137. The minimum Gasteiger partial charge on any atom is -0.340 e. The third-order valence-corrected chi connectivity index (χ3v) is 6.17. The molecule has 0 saturated carbocycles. The molecule has 1 aliphatic heterocycles. The number of benzene rings is 2. The van der Waals surface area contributed by atoms with E-state index in [2.05, 4.69) is 21.6 Å². The van der Waals surface area contributed by atoms with Crippen molar-refractivity contribution in [3.8, 4) is 5.69 Å². The average Bonchev–Trinajstić information content (AvgIpc) is 3.51. The number of rotatable bonds is 3. The van der Waals surface area contributed by atoms with Crippen LogP contribution in [-0.2, 0) is 6.18 Å². The number of nitrogens with zero attached hydrogens (tertiary/aromatic N) is 4. The number of nitrogens with one attached hydrogen (secondary N) is 1. The van der Waals surface area contributed by atoms with Gasteiger partial charge in [-0.15, -0.1) is 0 Å². The Labute approximate surface area is 197 Å². The van der Waals surface area contributed by atoms with Crippen LogP contribution in [0.5, 0.6) is 0 Å². The van der Waals surface area contributed by atoms with Crippen LogP contribution in [0, 0.1) is 6.92 Å². The van der Waals surface area contributed by atoms with E-state index >= 15 is 0 Å². The second-order valence-electron chi connectivity index (χ2n) is 8.34. The minimum absolute atomic E-state index is 0.199. The highest BCUT2D eigenvalue weighted by Crippen LogP contribution is 2.39. The molecule has 0 bridgehead atoms. The molecule has 4 aromatic rings. The number of fused-ring (bicyclic) bond motifs is 1. The Kier molecular flexibility index (Phi) is 5.24. The highest BCUT2D eigenvalue weighted by molar-refractivity contribution is 6.32. The summed E-state index contributed by atoms with van der Waals surface area (Å²) in [5, 5.41) is 3.82. The van der Waals surface area contributed by atoms with E-state index in [4.69, 9.17) is 11.6 Å². The van der Waals surface area contributed by atoms with Gasteiger partial charge in [-0.25, -0.2) is 9.67 Å². The number of likely N-dealkylation sites (tertiary alicyclic amines) is 1. The smallest absolute Gasteiger partial charge is 0.340 e. The molecule has 2 aromatic heterocycles. The molecule has 6 nitrogen and oxygen atoms in total. The van der Waals surface area contributed by atoms with Crippen molar-refractivity contribution in [2.24, 2.45) is 0 Å². The number of alkyl halides is 3. The third kappa shape index (κ3) is 3.86. The van der Waals surface area contributed by atoms with Crippen LogP contribution in [-0.4, -0.2) is 37.1 Å². The maximum atomic E-state index is 13.7. The maximum Gasteiger partial charge on any atom is 0.417 e. The van der Waals surface area contributed by atoms with Crippen molar-refractivity contribution in [1.82, 2.24) is 24.6 Å². The van der Waals surface area contributed by atoms with Gasteiger partial charge in [0, 0.05) is 18.9 Å². The first-order chi connectivity index (χ1) is 16.1. The Bertz CT molecular complexity index is 1420. The molecule has 10 heteroatoms. The zero-order valence-corrected chi connectivity index (χ0v) is 18.8. The molecule has 0 spiro atoms. The molecule has 1 atom stereocenters. The summed E-state index contributed by atoms with van der Waals surface area (Å²) >= 11 is 5.86. The normalized spacial score (nSPS) is 16.6. The van der Waals surface area contributed by atoms with E-state index in [1.54, 1.807) is 34.1 Å². The number of halogens is 4. The monoisotopic (exact) mass is 485 g/mol. The number of H-pyrrole nitrogens is 1. The molecule has 2 aromatic carbocycles. The maximum absolute atomic E-state index is 13.7. The van der Waals surface area contributed by atoms with Crippen LogP contribution >= 0.6 is 11.6 Å². The molecular weight excluding hydrogens is 467 g/mol. The highest BCUT2D eigenvalue weighted by atomic mass is 35.5. The SMILES string of the molecule is C=C1CC(c2nc3cc(Cl)c(C(F)(F)F)cc3[nH]2)N(C(=O)c2cc(C)ccc2-n2cccn2)C1. The number of amides is 1. The summed E-state index contributed by atoms with van der Waals surface area (Å²) in [7, 11) is 0. The number of aromatic amines is 1. The van der Waals surface area contributed by atoms with Gasteiger partial charge in [0.1, 0.15) is 5.82 Å². The van der Waals surface area contributed by atoms with Gasteiger partial charge >= 0.3 is 6.18 Å². The Morgan fingerprint density at radius 1 is 1.26 bits per heavy atom. The van der Waals surface area contributed by atoms with Crippen molar-refractivity contribution in [1.29, 1.82) is 0 Å². The molecule has 1 aliphatic rings. The number of imidazole rings is 1. The van der Waals surface area contributed by atoms with E-state index in [1.807, 2.05) is 19.1 Å². The van der Waals surface area contributed by atoms with E-state index in [0.717, 1.165) is 17.2 Å². The third-order valence-electron chi connectivity index (χ3n) is 5.86. The van der Waals surface area contributed by atoms with Crippen LogP contribution in [0.25, 0.3) is 16.7 Å². The largest absolute Gasteiger partial charge is 0.417 e. The van der Waals surface area contributed by atoms with E-state index in [9.17, 15) is 18.0 Å². The van der Waals surface area contributed by atoms with Crippen LogP contribution in [0.4, 0.5) is 13.2 Å². The van der Waals surface area contributed by atoms with Gasteiger partial charge in [0.25, 0.3) is 5.91 Å². The molecule has 3 heterocycles. The minimum atomic E-state index is -4.59. The fourth-order valence-corrected chi connectivity index (χ4v) is 4.54. The fraction of sp³-hybridized carbons (Fsp3) is 0.208. The first-order valence-electron chi connectivity index (χ1n) is 10.5. The van der Waals surface area contributed by atoms with Crippen LogP contribution in [0.15, 0.2) is 60.9 Å². The Balaban J connectivity index is 1.55.